The van der Waals surface area contributed by atoms with Gasteiger partial charge < -0.3 is 5.32 Å². The van der Waals surface area contributed by atoms with Crippen molar-refractivity contribution in [1.82, 2.24) is 10.6 Å². The van der Waals surface area contributed by atoms with Gasteiger partial charge in [0.2, 0.25) is 5.91 Å². The highest BCUT2D eigenvalue weighted by Gasteiger charge is 2.25. The maximum absolute atomic E-state index is 11.5. The molecule has 4 nitrogen and oxygen atoms in total. The van der Waals surface area contributed by atoms with Gasteiger partial charge in [-0.2, -0.15) is 11.8 Å². The smallest absolute Gasteiger partial charge is 0.321 e. The molecule has 6 heteroatoms. The van der Waals surface area contributed by atoms with E-state index in [1.807, 2.05) is 11.8 Å². The Kier molecular flexibility index (Phi) is 6.73. The summed E-state index contributed by atoms with van der Waals surface area (Å²) >= 11 is 7.34. The van der Waals surface area contributed by atoms with E-state index >= 15 is 0 Å². The fourth-order valence-corrected chi connectivity index (χ4v) is 3.27. The summed E-state index contributed by atoms with van der Waals surface area (Å²) in [6.45, 7) is 2.14. The predicted molar refractivity (Wildman–Crippen MR) is 71.6 cm³/mol. The zero-order chi connectivity index (χ0) is 12.7. The fraction of sp³-hybridized carbons (Fsp3) is 0.818. The van der Waals surface area contributed by atoms with E-state index < -0.39 is 6.03 Å². The Labute approximate surface area is 111 Å². The van der Waals surface area contributed by atoms with E-state index in [9.17, 15) is 9.59 Å². The third-order valence-electron chi connectivity index (χ3n) is 2.70. The molecule has 0 aromatic carbocycles. The van der Waals surface area contributed by atoms with Crippen LogP contribution in [0.4, 0.5) is 4.79 Å². The normalized spacial score (nSPS) is 23.4. The van der Waals surface area contributed by atoms with Crippen LogP contribution in [0.15, 0.2) is 0 Å². The third-order valence-corrected chi connectivity index (χ3v) is 4.12. The van der Waals surface area contributed by atoms with E-state index in [4.69, 9.17) is 11.6 Å². The van der Waals surface area contributed by atoms with Crippen LogP contribution in [0.3, 0.4) is 0 Å². The lowest BCUT2D eigenvalue weighted by molar-refractivity contribution is -0.119. The molecule has 0 heterocycles. The van der Waals surface area contributed by atoms with Gasteiger partial charge in [0.05, 0.1) is 0 Å². The van der Waals surface area contributed by atoms with Gasteiger partial charge in [0.25, 0.3) is 0 Å². The van der Waals surface area contributed by atoms with Crippen LogP contribution in [0.25, 0.3) is 0 Å². The van der Waals surface area contributed by atoms with Gasteiger partial charge >= 0.3 is 6.03 Å². The van der Waals surface area contributed by atoms with Crippen molar-refractivity contribution in [2.75, 3.05) is 11.6 Å². The molecule has 98 valence electrons. The molecule has 0 saturated heterocycles. The van der Waals surface area contributed by atoms with Gasteiger partial charge in [0.15, 0.2) is 0 Å². The van der Waals surface area contributed by atoms with Crippen molar-refractivity contribution >= 4 is 35.3 Å². The minimum atomic E-state index is -0.396. The van der Waals surface area contributed by atoms with Crippen LogP contribution in [0.5, 0.6) is 0 Å². The molecule has 17 heavy (non-hydrogen) atoms. The van der Waals surface area contributed by atoms with Crippen LogP contribution in [0.2, 0.25) is 0 Å². The van der Waals surface area contributed by atoms with E-state index in [1.165, 1.54) is 0 Å². The van der Waals surface area contributed by atoms with Crippen LogP contribution in [0.1, 0.15) is 32.6 Å². The number of rotatable bonds is 5. The quantitative estimate of drug-likeness (QED) is 0.758. The number of thioether (sulfide) groups is 1. The number of imide groups is 1. The lowest BCUT2D eigenvalue weighted by Crippen LogP contribution is -2.43. The summed E-state index contributed by atoms with van der Waals surface area (Å²) in [5.74, 6) is 1.02. The zero-order valence-corrected chi connectivity index (χ0v) is 11.6. The van der Waals surface area contributed by atoms with Crippen LogP contribution in [-0.2, 0) is 4.79 Å². The standard InChI is InChI=1S/C11H19ClN2O2S/c1-2-17-9-4-3-8(7-9)13-11(16)14-10(15)5-6-12/h8-9H,2-7H2,1H3,(H2,13,14,15,16). The molecule has 2 unspecified atom stereocenters. The molecule has 3 amide bonds. The van der Waals surface area contributed by atoms with Gasteiger partial charge in [-0.15, -0.1) is 11.6 Å². The molecular formula is C11H19ClN2O2S. The lowest BCUT2D eigenvalue weighted by Gasteiger charge is -2.13. The number of halogens is 1. The first kappa shape index (κ1) is 14.6. The topological polar surface area (TPSA) is 58.2 Å². The molecule has 1 aliphatic carbocycles. The molecule has 2 atom stereocenters. The van der Waals surface area contributed by atoms with E-state index in [2.05, 4.69) is 17.6 Å². The first-order valence-corrected chi connectivity index (χ1v) is 7.52. The number of amides is 3. The lowest BCUT2D eigenvalue weighted by atomic mass is 10.2. The second-order valence-corrected chi connectivity index (χ2v) is 6.00. The molecule has 0 radical (unpaired) electrons. The Morgan fingerprint density at radius 2 is 2.18 bits per heavy atom. The third kappa shape index (κ3) is 5.64. The summed E-state index contributed by atoms with van der Waals surface area (Å²) in [7, 11) is 0. The maximum Gasteiger partial charge on any atom is 0.321 e. The summed E-state index contributed by atoms with van der Waals surface area (Å²) in [6.07, 6.45) is 3.30. The van der Waals surface area contributed by atoms with Gasteiger partial charge in [-0.1, -0.05) is 6.92 Å². The predicted octanol–water partition coefficient (Wildman–Crippen LogP) is 2.12. The highest BCUT2D eigenvalue weighted by Crippen LogP contribution is 2.29. The average molecular weight is 279 g/mol. The Balaban J connectivity index is 2.21. The van der Waals surface area contributed by atoms with Crippen LogP contribution >= 0.6 is 23.4 Å². The van der Waals surface area contributed by atoms with Crippen molar-refractivity contribution < 1.29 is 9.59 Å². The van der Waals surface area contributed by atoms with Gasteiger partial charge in [-0.25, -0.2) is 4.79 Å². The van der Waals surface area contributed by atoms with Crippen LogP contribution in [0, 0.1) is 0 Å². The van der Waals surface area contributed by atoms with Crippen LogP contribution < -0.4 is 10.6 Å². The zero-order valence-electron chi connectivity index (χ0n) is 10.0. The molecule has 1 fully saturated rings. The number of nitrogens with one attached hydrogen (secondary N) is 2. The molecule has 0 spiro atoms. The van der Waals surface area contributed by atoms with Crippen molar-refractivity contribution in [2.24, 2.45) is 0 Å². The largest absolute Gasteiger partial charge is 0.335 e. The molecule has 1 rings (SSSR count). The SMILES string of the molecule is CCSC1CCC(NC(=O)NC(=O)CCCl)C1. The Morgan fingerprint density at radius 1 is 1.41 bits per heavy atom. The fourth-order valence-electron chi connectivity index (χ4n) is 1.95. The number of carbonyl (C=O) groups excluding carboxylic acids is 2. The van der Waals surface area contributed by atoms with E-state index in [0.717, 1.165) is 25.0 Å². The van der Waals surface area contributed by atoms with E-state index in [1.54, 1.807) is 0 Å². The van der Waals surface area contributed by atoms with Crippen molar-refractivity contribution in [1.29, 1.82) is 0 Å². The molecule has 1 aliphatic rings. The number of hydrogen-bond donors (Lipinski definition) is 2. The summed E-state index contributed by atoms with van der Waals surface area (Å²) in [5.41, 5.74) is 0. The maximum atomic E-state index is 11.5. The number of carbonyl (C=O) groups is 2. The van der Waals surface area contributed by atoms with Crippen molar-refractivity contribution in [2.45, 2.75) is 43.9 Å². The second kappa shape index (κ2) is 7.82. The van der Waals surface area contributed by atoms with E-state index in [0.29, 0.717) is 5.25 Å². The van der Waals surface area contributed by atoms with Gasteiger partial charge in [-0.3, -0.25) is 10.1 Å². The summed E-state index contributed by atoms with van der Waals surface area (Å²) in [4.78, 5) is 22.6. The van der Waals surface area contributed by atoms with Gasteiger partial charge in [0, 0.05) is 23.6 Å². The van der Waals surface area contributed by atoms with Crippen molar-refractivity contribution in [3.63, 3.8) is 0 Å². The molecular weight excluding hydrogens is 260 g/mol. The van der Waals surface area contributed by atoms with Crippen molar-refractivity contribution in [3.05, 3.63) is 0 Å². The summed E-state index contributed by atoms with van der Waals surface area (Å²) in [5, 5.41) is 5.75. The Hall–Kier alpha value is -0.420. The molecule has 1 saturated carbocycles. The number of hydrogen-bond acceptors (Lipinski definition) is 3. The molecule has 0 aromatic rings. The summed E-state index contributed by atoms with van der Waals surface area (Å²) in [6, 6.07) is -0.199. The highest BCUT2D eigenvalue weighted by molar-refractivity contribution is 7.99. The second-order valence-electron chi connectivity index (χ2n) is 4.05. The number of urea groups is 1. The molecule has 0 aliphatic heterocycles. The number of alkyl halides is 1. The minimum absolute atomic E-state index is 0.175. The molecule has 0 bridgehead atoms. The van der Waals surface area contributed by atoms with Gasteiger partial charge in [0.1, 0.15) is 0 Å². The molecule has 2 N–H and O–H groups in total. The minimum Gasteiger partial charge on any atom is -0.335 e. The monoisotopic (exact) mass is 278 g/mol. The molecule has 0 aromatic heterocycles. The highest BCUT2D eigenvalue weighted by atomic mass is 35.5. The summed E-state index contributed by atoms with van der Waals surface area (Å²) < 4.78 is 0. The van der Waals surface area contributed by atoms with E-state index in [-0.39, 0.29) is 24.2 Å². The van der Waals surface area contributed by atoms with Crippen LogP contribution in [-0.4, -0.2) is 34.9 Å². The van der Waals surface area contributed by atoms with Gasteiger partial charge in [-0.05, 0) is 25.0 Å². The average Bonchev–Trinajstić information content (AvgIpc) is 2.66. The first-order valence-electron chi connectivity index (χ1n) is 5.93. The Morgan fingerprint density at radius 3 is 2.82 bits per heavy atom. The Bertz CT molecular complexity index is 276. The van der Waals surface area contributed by atoms with Crippen molar-refractivity contribution in [3.8, 4) is 0 Å². The first-order chi connectivity index (χ1) is 8.15.